The first-order valence-electron chi connectivity index (χ1n) is 6.02. The predicted octanol–water partition coefficient (Wildman–Crippen LogP) is 0.868. The number of nitrogens with zero attached hydrogens (tertiary/aromatic N) is 2. The molecule has 1 unspecified atom stereocenters. The van der Waals surface area contributed by atoms with Gasteiger partial charge in [0.25, 0.3) is 0 Å². The molecule has 3 heteroatoms. The van der Waals surface area contributed by atoms with E-state index in [1.165, 1.54) is 26.2 Å². The van der Waals surface area contributed by atoms with E-state index in [0.29, 0.717) is 11.5 Å². The van der Waals surface area contributed by atoms with E-state index >= 15 is 0 Å². The summed E-state index contributed by atoms with van der Waals surface area (Å²) in [5.41, 5.74) is 0.379. The van der Waals surface area contributed by atoms with E-state index in [1.54, 1.807) is 0 Å². The average Bonchev–Trinajstić information content (AvgIpc) is 2.10. The highest BCUT2D eigenvalue weighted by atomic mass is 15.3. The summed E-state index contributed by atoms with van der Waals surface area (Å²) in [6.07, 6.45) is 0. The maximum atomic E-state index is 3.28. The number of nitrogens with one attached hydrogen (secondary N) is 1. The topological polar surface area (TPSA) is 18.5 Å². The maximum absolute atomic E-state index is 3.28. The van der Waals surface area contributed by atoms with Gasteiger partial charge in [-0.1, -0.05) is 13.8 Å². The molecule has 90 valence electrons. The van der Waals surface area contributed by atoms with E-state index < -0.39 is 0 Å². The summed E-state index contributed by atoms with van der Waals surface area (Å²) in [5, 5.41) is 3.28. The number of rotatable bonds is 4. The summed E-state index contributed by atoms with van der Waals surface area (Å²) in [5.74, 6) is 0. The van der Waals surface area contributed by atoms with Crippen LogP contribution in [0.1, 0.15) is 20.8 Å². The van der Waals surface area contributed by atoms with Gasteiger partial charge in [-0.25, -0.2) is 0 Å². The lowest BCUT2D eigenvalue weighted by Gasteiger charge is -2.41. The van der Waals surface area contributed by atoms with E-state index in [0.717, 1.165) is 6.54 Å². The number of likely N-dealkylation sites (N-methyl/N-ethyl adjacent to an activating group) is 1. The molecule has 1 N–H and O–H groups in total. The molecule has 1 heterocycles. The van der Waals surface area contributed by atoms with Gasteiger partial charge in [0.15, 0.2) is 0 Å². The van der Waals surface area contributed by atoms with Crippen molar-refractivity contribution in [3.05, 3.63) is 0 Å². The third-order valence-corrected chi connectivity index (χ3v) is 3.35. The maximum Gasteiger partial charge on any atom is 0.0192 e. The van der Waals surface area contributed by atoms with Gasteiger partial charge in [-0.05, 0) is 26.4 Å². The van der Waals surface area contributed by atoms with Gasteiger partial charge in [-0.15, -0.1) is 0 Å². The standard InChI is InChI=1S/C12H27N3/c1-11-8-15(7-6-14(11)5)10-12(2,3)9-13-4/h11,13H,6-10H2,1-5H3. The van der Waals surface area contributed by atoms with Gasteiger partial charge < -0.3 is 10.2 Å². The second-order valence-corrected chi connectivity index (χ2v) is 5.76. The molecule has 0 radical (unpaired) electrons. The molecule has 1 aliphatic rings. The molecule has 0 amide bonds. The van der Waals surface area contributed by atoms with Gasteiger partial charge in [0, 0.05) is 38.8 Å². The van der Waals surface area contributed by atoms with E-state index in [4.69, 9.17) is 0 Å². The molecule has 0 bridgehead atoms. The van der Waals surface area contributed by atoms with Crippen molar-refractivity contribution < 1.29 is 0 Å². The quantitative estimate of drug-likeness (QED) is 0.747. The van der Waals surface area contributed by atoms with Gasteiger partial charge in [-0.2, -0.15) is 0 Å². The molecule has 0 saturated carbocycles. The summed E-state index contributed by atoms with van der Waals surface area (Å²) in [6.45, 7) is 12.9. The monoisotopic (exact) mass is 213 g/mol. The van der Waals surface area contributed by atoms with E-state index in [-0.39, 0.29) is 0 Å². The number of hydrogen-bond acceptors (Lipinski definition) is 3. The molecule has 1 saturated heterocycles. The Morgan fingerprint density at radius 3 is 2.53 bits per heavy atom. The Kier molecular flexibility index (Phi) is 4.56. The minimum Gasteiger partial charge on any atom is -0.319 e. The lowest BCUT2D eigenvalue weighted by molar-refractivity contribution is 0.0751. The van der Waals surface area contributed by atoms with Gasteiger partial charge in [0.05, 0.1) is 0 Å². The third-order valence-electron chi connectivity index (χ3n) is 3.35. The Labute approximate surface area is 94.8 Å². The second kappa shape index (κ2) is 5.28. The van der Waals surface area contributed by atoms with Crippen molar-refractivity contribution in [2.75, 3.05) is 46.8 Å². The van der Waals surface area contributed by atoms with Crippen LogP contribution in [0.4, 0.5) is 0 Å². The predicted molar refractivity (Wildman–Crippen MR) is 66.2 cm³/mol. The summed E-state index contributed by atoms with van der Waals surface area (Å²) in [7, 11) is 4.26. The van der Waals surface area contributed by atoms with Gasteiger partial charge in [0.2, 0.25) is 0 Å². The van der Waals surface area contributed by atoms with Crippen LogP contribution in [-0.4, -0.2) is 62.7 Å². The fraction of sp³-hybridized carbons (Fsp3) is 1.00. The molecule has 0 aliphatic carbocycles. The van der Waals surface area contributed by atoms with E-state index in [9.17, 15) is 0 Å². The summed E-state index contributed by atoms with van der Waals surface area (Å²) < 4.78 is 0. The van der Waals surface area contributed by atoms with Gasteiger partial charge >= 0.3 is 0 Å². The molecule has 3 nitrogen and oxygen atoms in total. The van der Waals surface area contributed by atoms with Crippen LogP contribution in [-0.2, 0) is 0 Å². The lowest BCUT2D eigenvalue weighted by Crippen LogP contribution is -2.53. The molecule has 1 atom stereocenters. The molecule has 1 rings (SSSR count). The Hall–Kier alpha value is -0.120. The molecular formula is C12H27N3. The van der Waals surface area contributed by atoms with Crippen LogP contribution in [0.15, 0.2) is 0 Å². The average molecular weight is 213 g/mol. The smallest absolute Gasteiger partial charge is 0.0192 e. The minimum atomic E-state index is 0.379. The van der Waals surface area contributed by atoms with Crippen LogP contribution in [0.2, 0.25) is 0 Å². The van der Waals surface area contributed by atoms with Crippen molar-refractivity contribution >= 4 is 0 Å². The van der Waals surface area contributed by atoms with Crippen molar-refractivity contribution in [2.24, 2.45) is 5.41 Å². The molecule has 0 aromatic heterocycles. The van der Waals surface area contributed by atoms with Gasteiger partial charge in [-0.3, -0.25) is 4.90 Å². The Balaban J connectivity index is 2.39. The molecule has 1 aliphatic heterocycles. The van der Waals surface area contributed by atoms with Crippen molar-refractivity contribution in [3.63, 3.8) is 0 Å². The largest absolute Gasteiger partial charge is 0.319 e. The van der Waals surface area contributed by atoms with Crippen LogP contribution in [0.5, 0.6) is 0 Å². The zero-order valence-corrected chi connectivity index (χ0v) is 11.0. The Bertz CT molecular complexity index is 191. The van der Waals surface area contributed by atoms with E-state index in [1.807, 2.05) is 7.05 Å². The van der Waals surface area contributed by atoms with Crippen LogP contribution >= 0.6 is 0 Å². The Morgan fingerprint density at radius 2 is 2.00 bits per heavy atom. The van der Waals surface area contributed by atoms with Crippen LogP contribution < -0.4 is 5.32 Å². The fourth-order valence-electron chi connectivity index (χ4n) is 2.41. The lowest BCUT2D eigenvalue weighted by atomic mass is 9.92. The van der Waals surface area contributed by atoms with Crippen molar-refractivity contribution in [1.82, 2.24) is 15.1 Å². The molecule has 1 fully saturated rings. The summed E-state index contributed by atoms with van der Waals surface area (Å²) in [4.78, 5) is 5.05. The molecule has 0 aromatic rings. The first-order valence-corrected chi connectivity index (χ1v) is 6.02. The van der Waals surface area contributed by atoms with Crippen molar-refractivity contribution in [3.8, 4) is 0 Å². The summed E-state index contributed by atoms with van der Waals surface area (Å²) >= 11 is 0. The molecule has 15 heavy (non-hydrogen) atoms. The SMILES string of the molecule is CNCC(C)(C)CN1CCN(C)C(C)C1. The molecule has 0 aromatic carbocycles. The first kappa shape index (κ1) is 12.9. The highest BCUT2D eigenvalue weighted by Gasteiger charge is 2.26. The zero-order valence-electron chi connectivity index (χ0n) is 11.0. The van der Waals surface area contributed by atoms with Crippen LogP contribution in [0, 0.1) is 5.41 Å². The molecule has 0 spiro atoms. The van der Waals surface area contributed by atoms with Gasteiger partial charge in [0.1, 0.15) is 0 Å². The first-order chi connectivity index (χ1) is 6.94. The minimum absolute atomic E-state index is 0.379. The highest BCUT2D eigenvalue weighted by molar-refractivity contribution is 4.82. The fourth-order valence-corrected chi connectivity index (χ4v) is 2.41. The van der Waals surface area contributed by atoms with Crippen molar-refractivity contribution in [1.29, 1.82) is 0 Å². The normalized spacial score (nSPS) is 25.8. The Morgan fingerprint density at radius 1 is 1.33 bits per heavy atom. The number of hydrogen-bond donors (Lipinski definition) is 1. The van der Waals surface area contributed by atoms with Crippen LogP contribution in [0.25, 0.3) is 0 Å². The van der Waals surface area contributed by atoms with Crippen LogP contribution in [0.3, 0.4) is 0 Å². The summed E-state index contributed by atoms with van der Waals surface area (Å²) in [6, 6.07) is 0.698. The van der Waals surface area contributed by atoms with Crippen molar-refractivity contribution in [2.45, 2.75) is 26.8 Å². The van der Waals surface area contributed by atoms with E-state index in [2.05, 4.69) is 42.9 Å². The third kappa shape index (κ3) is 4.09. The zero-order chi connectivity index (χ0) is 11.5. The number of piperazine rings is 1. The molecular weight excluding hydrogens is 186 g/mol. The second-order valence-electron chi connectivity index (χ2n) is 5.76. The highest BCUT2D eigenvalue weighted by Crippen LogP contribution is 2.18.